The molecule has 3 aromatic heterocycles. The van der Waals surface area contributed by atoms with Crippen LogP contribution >= 0.6 is 0 Å². The van der Waals surface area contributed by atoms with Crippen LogP contribution in [-0.2, 0) is 6.42 Å². The van der Waals surface area contributed by atoms with Crippen LogP contribution in [0.2, 0.25) is 0 Å². The second-order valence-corrected chi connectivity index (χ2v) is 5.31. The number of halogens is 1. The molecule has 0 saturated heterocycles. The van der Waals surface area contributed by atoms with E-state index in [1.807, 2.05) is 12.1 Å². The molecule has 0 aliphatic heterocycles. The molecule has 6 nitrogen and oxygen atoms in total. The zero-order chi connectivity index (χ0) is 17.1. The number of aromatic nitrogens is 5. The molecule has 25 heavy (non-hydrogen) atoms. The Bertz CT molecular complexity index is 990. The van der Waals surface area contributed by atoms with E-state index in [1.54, 1.807) is 24.5 Å². The van der Waals surface area contributed by atoms with Crippen LogP contribution in [0.15, 0.2) is 65.7 Å². The van der Waals surface area contributed by atoms with Crippen LogP contribution < -0.4 is 0 Å². The minimum Gasteiger partial charge on any atom is -0.443 e. The number of pyridine rings is 1. The minimum absolute atomic E-state index is 0.342. The molecule has 3 heterocycles. The predicted octanol–water partition coefficient (Wildman–Crippen LogP) is 3.32. The highest BCUT2D eigenvalue weighted by Gasteiger charge is 2.16. The summed E-state index contributed by atoms with van der Waals surface area (Å²) in [5.41, 5.74) is 2.67. The molecule has 0 spiro atoms. The van der Waals surface area contributed by atoms with E-state index in [0.717, 1.165) is 5.56 Å². The Morgan fingerprint density at radius 3 is 2.64 bits per heavy atom. The Labute approximate surface area is 142 Å². The van der Waals surface area contributed by atoms with Crippen molar-refractivity contribution in [2.45, 2.75) is 6.42 Å². The lowest BCUT2D eigenvalue weighted by Crippen LogP contribution is -2.04. The summed E-state index contributed by atoms with van der Waals surface area (Å²) in [5, 5.41) is 8.32. The van der Waals surface area contributed by atoms with E-state index in [9.17, 15) is 4.39 Å². The average molecular weight is 333 g/mol. The zero-order valence-corrected chi connectivity index (χ0v) is 13.0. The third kappa shape index (κ3) is 3.25. The summed E-state index contributed by atoms with van der Waals surface area (Å²) >= 11 is 0. The van der Waals surface area contributed by atoms with E-state index in [2.05, 4.69) is 25.1 Å². The lowest BCUT2D eigenvalue weighted by Gasteiger charge is -2.07. The fourth-order valence-electron chi connectivity index (χ4n) is 2.43. The number of hydrogen-bond acceptors (Lipinski definition) is 6. The molecule has 0 aliphatic rings. The highest BCUT2D eigenvalue weighted by Crippen LogP contribution is 2.23. The highest BCUT2D eigenvalue weighted by atomic mass is 19.1. The summed E-state index contributed by atoms with van der Waals surface area (Å²) < 4.78 is 18.8. The summed E-state index contributed by atoms with van der Waals surface area (Å²) in [6, 6.07) is 9.88. The molecular weight excluding hydrogens is 321 g/mol. The fourth-order valence-corrected chi connectivity index (χ4v) is 2.43. The van der Waals surface area contributed by atoms with Crippen molar-refractivity contribution >= 4 is 0 Å². The second kappa shape index (κ2) is 6.56. The van der Waals surface area contributed by atoms with Gasteiger partial charge in [-0.2, -0.15) is 0 Å². The Morgan fingerprint density at radius 2 is 1.88 bits per heavy atom. The van der Waals surface area contributed by atoms with Crippen LogP contribution in [0.5, 0.6) is 0 Å². The van der Waals surface area contributed by atoms with Gasteiger partial charge in [-0.25, -0.2) is 14.4 Å². The smallest absolute Gasteiger partial charge is 0.248 e. The van der Waals surface area contributed by atoms with Crippen molar-refractivity contribution in [3.8, 4) is 23.0 Å². The molecular formula is C18H12FN5O. The molecule has 0 fully saturated rings. The molecule has 0 aliphatic carbocycles. The standard InChI is InChI=1S/C18H12FN5O/c19-14-3-1-2-13(11-14)17-22-15(10-12-4-6-20-7-5-12)16(23-24-17)18-21-8-9-25-18/h1-9,11H,10H2. The van der Waals surface area contributed by atoms with Gasteiger partial charge in [0.05, 0.1) is 11.9 Å². The van der Waals surface area contributed by atoms with E-state index >= 15 is 0 Å². The number of oxazole rings is 1. The van der Waals surface area contributed by atoms with Crippen LogP contribution in [0.4, 0.5) is 4.39 Å². The van der Waals surface area contributed by atoms with Crippen molar-refractivity contribution in [1.82, 2.24) is 25.1 Å². The molecule has 1 aromatic carbocycles. The summed E-state index contributed by atoms with van der Waals surface area (Å²) in [4.78, 5) is 12.7. The van der Waals surface area contributed by atoms with Gasteiger partial charge in [0, 0.05) is 24.4 Å². The van der Waals surface area contributed by atoms with E-state index in [0.29, 0.717) is 35.1 Å². The third-order valence-electron chi connectivity index (χ3n) is 3.60. The molecule has 4 aromatic rings. The van der Waals surface area contributed by atoms with E-state index < -0.39 is 0 Å². The number of benzene rings is 1. The minimum atomic E-state index is -0.353. The predicted molar refractivity (Wildman–Crippen MR) is 87.8 cm³/mol. The van der Waals surface area contributed by atoms with Crippen LogP contribution in [0.25, 0.3) is 23.0 Å². The van der Waals surface area contributed by atoms with Crippen molar-refractivity contribution < 1.29 is 8.81 Å². The van der Waals surface area contributed by atoms with Crippen molar-refractivity contribution in [2.75, 3.05) is 0 Å². The quantitative estimate of drug-likeness (QED) is 0.570. The number of hydrogen-bond donors (Lipinski definition) is 0. The van der Waals surface area contributed by atoms with Gasteiger partial charge in [0.1, 0.15) is 12.1 Å². The van der Waals surface area contributed by atoms with Crippen LogP contribution in [-0.4, -0.2) is 25.1 Å². The van der Waals surface area contributed by atoms with Gasteiger partial charge in [-0.05, 0) is 29.8 Å². The van der Waals surface area contributed by atoms with Gasteiger partial charge >= 0.3 is 0 Å². The largest absolute Gasteiger partial charge is 0.443 e. The van der Waals surface area contributed by atoms with Crippen molar-refractivity contribution in [2.24, 2.45) is 0 Å². The first-order valence-electron chi connectivity index (χ1n) is 7.58. The average Bonchev–Trinajstić information content (AvgIpc) is 3.17. The lowest BCUT2D eigenvalue weighted by atomic mass is 10.1. The second-order valence-electron chi connectivity index (χ2n) is 5.31. The van der Waals surface area contributed by atoms with Crippen molar-refractivity contribution in [3.63, 3.8) is 0 Å². The third-order valence-corrected chi connectivity index (χ3v) is 3.60. The van der Waals surface area contributed by atoms with Gasteiger partial charge in [-0.3, -0.25) is 4.98 Å². The maximum Gasteiger partial charge on any atom is 0.248 e. The zero-order valence-electron chi connectivity index (χ0n) is 13.0. The van der Waals surface area contributed by atoms with Gasteiger partial charge in [-0.1, -0.05) is 12.1 Å². The van der Waals surface area contributed by atoms with Crippen LogP contribution in [0, 0.1) is 5.82 Å². The Hall–Kier alpha value is -3.48. The molecule has 0 atom stereocenters. The summed E-state index contributed by atoms with van der Waals surface area (Å²) in [6.07, 6.45) is 6.92. The van der Waals surface area contributed by atoms with Crippen molar-refractivity contribution in [3.05, 3.63) is 78.3 Å². The maximum absolute atomic E-state index is 13.5. The Balaban J connectivity index is 1.81. The van der Waals surface area contributed by atoms with E-state index in [4.69, 9.17) is 4.42 Å². The van der Waals surface area contributed by atoms with Crippen molar-refractivity contribution in [1.29, 1.82) is 0 Å². The lowest BCUT2D eigenvalue weighted by molar-refractivity contribution is 0.569. The van der Waals surface area contributed by atoms with Gasteiger partial charge in [0.15, 0.2) is 11.5 Å². The maximum atomic E-state index is 13.5. The number of nitrogens with zero attached hydrogens (tertiary/aromatic N) is 5. The molecule has 0 radical (unpaired) electrons. The molecule has 4 rings (SSSR count). The van der Waals surface area contributed by atoms with Crippen LogP contribution in [0.3, 0.4) is 0 Å². The molecule has 0 N–H and O–H groups in total. The van der Waals surface area contributed by atoms with Gasteiger partial charge in [0.25, 0.3) is 0 Å². The van der Waals surface area contributed by atoms with E-state index in [1.165, 1.54) is 24.6 Å². The normalized spacial score (nSPS) is 10.8. The van der Waals surface area contributed by atoms with Gasteiger partial charge < -0.3 is 4.42 Å². The first kappa shape index (κ1) is 15.1. The SMILES string of the molecule is Fc1cccc(-c2nnc(-c3ncco3)c(Cc3ccncc3)n2)c1. The Morgan fingerprint density at radius 1 is 1.00 bits per heavy atom. The Kier molecular flexibility index (Phi) is 3.96. The first-order valence-corrected chi connectivity index (χ1v) is 7.58. The van der Waals surface area contributed by atoms with Crippen LogP contribution in [0.1, 0.15) is 11.3 Å². The monoisotopic (exact) mass is 333 g/mol. The number of rotatable bonds is 4. The first-order chi connectivity index (χ1) is 12.3. The van der Waals surface area contributed by atoms with E-state index in [-0.39, 0.29) is 5.82 Å². The summed E-state index contributed by atoms with van der Waals surface area (Å²) in [7, 11) is 0. The highest BCUT2D eigenvalue weighted by molar-refractivity contribution is 5.58. The summed E-state index contributed by atoms with van der Waals surface area (Å²) in [6.45, 7) is 0. The molecule has 122 valence electrons. The topological polar surface area (TPSA) is 77.6 Å². The molecule has 0 bridgehead atoms. The molecule has 0 amide bonds. The fraction of sp³-hybridized carbons (Fsp3) is 0.0556. The molecule has 0 saturated carbocycles. The molecule has 7 heteroatoms. The van der Waals surface area contributed by atoms with Gasteiger partial charge in [-0.15, -0.1) is 10.2 Å². The summed E-state index contributed by atoms with van der Waals surface area (Å²) in [5.74, 6) is 0.335. The molecule has 0 unspecified atom stereocenters. The van der Waals surface area contributed by atoms with Gasteiger partial charge in [0.2, 0.25) is 5.89 Å².